The number of amides is 4. The number of carbonyl (C=O) groups excluding carboxylic acids is 3. The molecular weight excluding hydrogens is 374 g/mol. The molecule has 0 radical (unpaired) electrons. The third kappa shape index (κ3) is 4.66. The number of ether oxygens (including phenoxy) is 2. The maximum atomic E-state index is 12.7. The van der Waals surface area contributed by atoms with Gasteiger partial charge in [-0.3, -0.25) is 15.0 Å². The van der Waals surface area contributed by atoms with Gasteiger partial charge < -0.3 is 14.8 Å². The first-order chi connectivity index (χ1) is 13.9. The number of carbonyl (C=O) groups is 3. The van der Waals surface area contributed by atoms with Crippen molar-refractivity contribution in [1.82, 2.24) is 15.8 Å². The zero-order chi connectivity index (χ0) is 20.9. The summed E-state index contributed by atoms with van der Waals surface area (Å²) in [6.07, 6.45) is 1.02. The van der Waals surface area contributed by atoms with Crippen LogP contribution in [0.2, 0.25) is 0 Å². The van der Waals surface area contributed by atoms with Crippen molar-refractivity contribution >= 4 is 17.8 Å². The van der Waals surface area contributed by atoms with Crippen LogP contribution in [0.15, 0.2) is 54.6 Å². The van der Waals surface area contributed by atoms with E-state index in [9.17, 15) is 14.4 Å². The van der Waals surface area contributed by atoms with E-state index in [1.165, 1.54) is 7.11 Å². The number of para-hydroxylation sites is 2. The molecule has 8 heteroatoms. The third-order valence-electron chi connectivity index (χ3n) is 4.68. The van der Waals surface area contributed by atoms with Gasteiger partial charge >= 0.3 is 6.03 Å². The Morgan fingerprint density at radius 2 is 1.72 bits per heavy atom. The number of aryl methyl sites for hydroxylation is 1. The van der Waals surface area contributed by atoms with Gasteiger partial charge in [0.05, 0.1) is 7.11 Å². The Kier molecular flexibility index (Phi) is 6.01. The largest absolute Gasteiger partial charge is 0.493 e. The van der Waals surface area contributed by atoms with Gasteiger partial charge in [0.15, 0.2) is 18.1 Å². The number of nitrogens with zero attached hydrogens (tertiary/aromatic N) is 1. The van der Waals surface area contributed by atoms with Crippen molar-refractivity contribution in [3.8, 4) is 11.5 Å². The first kappa shape index (κ1) is 20.2. The molecule has 2 N–H and O–H groups in total. The molecular formula is C21H23N3O5. The Morgan fingerprint density at radius 3 is 2.41 bits per heavy atom. The Bertz CT molecular complexity index is 902. The van der Waals surface area contributed by atoms with Gasteiger partial charge in [-0.1, -0.05) is 42.5 Å². The SMILES string of the molecule is COc1ccccc1OCC(=O)NN1C(=O)N[C@](C)(CCc2ccccc2)C1=O. The normalized spacial score (nSPS) is 18.3. The number of hydrogen-bond acceptors (Lipinski definition) is 5. The van der Waals surface area contributed by atoms with Gasteiger partial charge in [-0.25, -0.2) is 4.79 Å². The van der Waals surface area contributed by atoms with Crippen molar-refractivity contribution in [2.75, 3.05) is 13.7 Å². The minimum Gasteiger partial charge on any atom is -0.493 e. The van der Waals surface area contributed by atoms with Gasteiger partial charge in [0.2, 0.25) is 0 Å². The lowest BCUT2D eigenvalue weighted by molar-refractivity contribution is -0.139. The van der Waals surface area contributed by atoms with Gasteiger partial charge in [-0.05, 0) is 37.5 Å². The lowest BCUT2D eigenvalue weighted by Gasteiger charge is -2.21. The average Bonchev–Trinajstić information content (AvgIpc) is 2.95. The van der Waals surface area contributed by atoms with E-state index in [-0.39, 0.29) is 6.61 Å². The van der Waals surface area contributed by atoms with Crippen LogP contribution in [-0.4, -0.2) is 42.1 Å². The zero-order valence-corrected chi connectivity index (χ0v) is 16.3. The van der Waals surface area contributed by atoms with Crippen LogP contribution in [0, 0.1) is 0 Å². The minimum atomic E-state index is -1.09. The van der Waals surface area contributed by atoms with Gasteiger partial charge in [-0.2, -0.15) is 5.01 Å². The van der Waals surface area contributed by atoms with Crippen LogP contribution in [-0.2, 0) is 16.0 Å². The molecule has 3 rings (SSSR count). The van der Waals surface area contributed by atoms with Crippen LogP contribution >= 0.6 is 0 Å². The van der Waals surface area contributed by atoms with E-state index >= 15 is 0 Å². The molecule has 1 aliphatic heterocycles. The van der Waals surface area contributed by atoms with Crippen LogP contribution in [0.4, 0.5) is 4.79 Å². The fraction of sp³-hybridized carbons (Fsp3) is 0.286. The fourth-order valence-electron chi connectivity index (χ4n) is 3.03. The van der Waals surface area contributed by atoms with E-state index in [4.69, 9.17) is 9.47 Å². The standard InChI is InChI=1S/C21H23N3O5/c1-21(13-12-15-8-4-3-5-9-15)19(26)24(20(27)22-21)23-18(25)14-29-17-11-7-6-10-16(17)28-2/h3-11H,12-14H2,1-2H3,(H,22,27)(H,23,25)/t21-/m1/s1. The number of nitrogens with one attached hydrogen (secondary N) is 2. The number of methoxy groups -OCH3 is 1. The van der Waals surface area contributed by atoms with Crippen molar-refractivity contribution in [3.05, 3.63) is 60.2 Å². The topological polar surface area (TPSA) is 97.0 Å². The summed E-state index contributed by atoms with van der Waals surface area (Å²) in [4.78, 5) is 37.2. The monoisotopic (exact) mass is 397 g/mol. The van der Waals surface area contributed by atoms with E-state index < -0.39 is 23.4 Å². The molecule has 0 saturated carbocycles. The predicted octanol–water partition coefficient (Wildman–Crippen LogP) is 2.05. The highest BCUT2D eigenvalue weighted by Crippen LogP contribution is 2.26. The highest BCUT2D eigenvalue weighted by molar-refractivity contribution is 6.07. The predicted molar refractivity (Wildman–Crippen MR) is 105 cm³/mol. The van der Waals surface area contributed by atoms with Crippen LogP contribution in [0.3, 0.4) is 0 Å². The summed E-state index contributed by atoms with van der Waals surface area (Å²) >= 11 is 0. The molecule has 0 spiro atoms. The summed E-state index contributed by atoms with van der Waals surface area (Å²) in [5.74, 6) is -0.283. The van der Waals surface area contributed by atoms with Crippen molar-refractivity contribution in [1.29, 1.82) is 0 Å². The van der Waals surface area contributed by atoms with E-state index in [1.54, 1.807) is 31.2 Å². The summed E-state index contributed by atoms with van der Waals surface area (Å²) in [6.45, 7) is 1.27. The quantitative estimate of drug-likeness (QED) is 0.665. The Balaban J connectivity index is 1.57. The third-order valence-corrected chi connectivity index (χ3v) is 4.68. The molecule has 1 fully saturated rings. The number of rotatable bonds is 8. The minimum absolute atomic E-state index is 0.377. The summed E-state index contributed by atoms with van der Waals surface area (Å²) in [7, 11) is 1.49. The molecule has 1 heterocycles. The van der Waals surface area contributed by atoms with Crippen molar-refractivity contribution in [3.63, 3.8) is 0 Å². The molecule has 2 aromatic carbocycles. The van der Waals surface area contributed by atoms with Crippen LogP contribution in [0.1, 0.15) is 18.9 Å². The van der Waals surface area contributed by atoms with Gasteiger partial charge in [0.25, 0.3) is 11.8 Å². The summed E-state index contributed by atoms with van der Waals surface area (Å²) in [6, 6.07) is 15.9. The molecule has 152 valence electrons. The lowest BCUT2D eigenvalue weighted by atomic mass is 9.93. The molecule has 1 atom stereocenters. The number of hydrazine groups is 1. The summed E-state index contributed by atoms with van der Waals surface area (Å²) in [5, 5.41) is 3.37. The van der Waals surface area contributed by atoms with E-state index in [1.807, 2.05) is 30.3 Å². The lowest BCUT2D eigenvalue weighted by Crippen LogP contribution is -2.50. The van der Waals surface area contributed by atoms with Crippen LogP contribution in [0.5, 0.6) is 11.5 Å². The highest BCUT2D eigenvalue weighted by atomic mass is 16.5. The van der Waals surface area contributed by atoms with Gasteiger partial charge in [-0.15, -0.1) is 0 Å². The van der Waals surface area contributed by atoms with E-state index in [0.717, 1.165) is 5.56 Å². The first-order valence-electron chi connectivity index (χ1n) is 9.19. The molecule has 0 bridgehead atoms. The molecule has 0 unspecified atom stereocenters. The van der Waals surface area contributed by atoms with Crippen molar-refractivity contribution < 1.29 is 23.9 Å². The molecule has 4 amide bonds. The number of imide groups is 1. The van der Waals surface area contributed by atoms with Crippen molar-refractivity contribution in [2.45, 2.75) is 25.3 Å². The number of benzene rings is 2. The second-order valence-corrected chi connectivity index (χ2v) is 6.86. The summed E-state index contributed by atoms with van der Waals surface area (Å²) < 4.78 is 10.6. The van der Waals surface area contributed by atoms with Gasteiger partial charge in [0, 0.05) is 0 Å². The molecule has 0 aromatic heterocycles. The van der Waals surface area contributed by atoms with Crippen molar-refractivity contribution in [2.24, 2.45) is 0 Å². The maximum absolute atomic E-state index is 12.7. The highest BCUT2D eigenvalue weighted by Gasteiger charge is 2.48. The maximum Gasteiger partial charge on any atom is 0.344 e. The van der Waals surface area contributed by atoms with E-state index in [0.29, 0.717) is 29.3 Å². The molecule has 29 heavy (non-hydrogen) atoms. The van der Waals surface area contributed by atoms with E-state index in [2.05, 4.69) is 10.7 Å². The molecule has 1 saturated heterocycles. The summed E-state index contributed by atoms with van der Waals surface area (Å²) in [5.41, 5.74) is 2.27. The second-order valence-electron chi connectivity index (χ2n) is 6.86. The van der Waals surface area contributed by atoms with Gasteiger partial charge in [0.1, 0.15) is 5.54 Å². The molecule has 2 aromatic rings. The van der Waals surface area contributed by atoms with Crippen LogP contribution in [0.25, 0.3) is 0 Å². The fourth-order valence-corrected chi connectivity index (χ4v) is 3.03. The second kappa shape index (κ2) is 8.64. The number of hydrogen-bond donors (Lipinski definition) is 2. The Labute approximate surface area is 168 Å². The molecule has 8 nitrogen and oxygen atoms in total. The number of urea groups is 1. The average molecular weight is 397 g/mol. The molecule has 0 aliphatic carbocycles. The smallest absolute Gasteiger partial charge is 0.344 e. The Morgan fingerprint density at radius 1 is 1.07 bits per heavy atom. The zero-order valence-electron chi connectivity index (χ0n) is 16.3. The van der Waals surface area contributed by atoms with Crippen LogP contribution < -0.4 is 20.2 Å². The first-order valence-corrected chi connectivity index (χ1v) is 9.19. The molecule has 1 aliphatic rings. The Hall–Kier alpha value is -3.55.